The molecule has 6 rings (SSSR count). The van der Waals surface area contributed by atoms with Crippen LogP contribution in [0, 0.1) is 0 Å². The summed E-state index contributed by atoms with van der Waals surface area (Å²) in [6.45, 7) is 0.850. The van der Waals surface area contributed by atoms with Gasteiger partial charge in [-0.05, 0) is 34.4 Å². The number of benzene rings is 3. The molecule has 10 heteroatoms. The van der Waals surface area contributed by atoms with Crippen LogP contribution in [-0.2, 0) is 22.1 Å². The van der Waals surface area contributed by atoms with E-state index in [-0.39, 0.29) is 11.4 Å². The summed E-state index contributed by atoms with van der Waals surface area (Å²) in [4.78, 5) is 7.02. The predicted octanol–water partition coefficient (Wildman–Crippen LogP) is 5.29. The molecule has 0 aliphatic heterocycles. The molecule has 0 bridgehead atoms. The maximum absolute atomic E-state index is 12.6. The number of nitrogens with zero attached hydrogens (tertiary/aromatic N) is 3. The molecule has 0 saturated carbocycles. The van der Waals surface area contributed by atoms with Gasteiger partial charge in [-0.2, -0.15) is 4.57 Å². The summed E-state index contributed by atoms with van der Waals surface area (Å²) >= 11 is 6.27. The molecule has 3 aromatic carbocycles. The molecule has 0 fully saturated rings. The van der Waals surface area contributed by atoms with E-state index in [1.807, 2.05) is 77.9 Å². The molecule has 3 aromatic heterocycles. The van der Waals surface area contributed by atoms with E-state index in [0.717, 1.165) is 43.9 Å². The van der Waals surface area contributed by atoms with Crippen LogP contribution < -0.4 is 19.7 Å². The summed E-state index contributed by atoms with van der Waals surface area (Å²) in [5.41, 5.74) is 9.24. The van der Waals surface area contributed by atoms with Gasteiger partial charge in [0.15, 0.2) is 37.9 Å². The van der Waals surface area contributed by atoms with E-state index in [0.29, 0.717) is 17.5 Å². The van der Waals surface area contributed by atoms with E-state index in [2.05, 4.69) is 14.4 Å². The zero-order chi connectivity index (χ0) is 27.1. The zero-order valence-electron chi connectivity index (χ0n) is 20.6. The van der Waals surface area contributed by atoms with Crippen molar-refractivity contribution in [1.29, 1.82) is 0 Å². The molecule has 0 unspecified atom stereocenters. The lowest BCUT2D eigenvalue weighted by Crippen LogP contribution is -2.34. The van der Waals surface area contributed by atoms with Crippen molar-refractivity contribution >= 4 is 75.2 Å². The van der Waals surface area contributed by atoms with E-state index < -0.39 is 9.05 Å². The second-order valence-electron chi connectivity index (χ2n) is 9.37. The Morgan fingerprint density at radius 3 is 2.15 bits per heavy atom. The van der Waals surface area contributed by atoms with Crippen molar-refractivity contribution in [3.63, 3.8) is 0 Å². The molecule has 194 valence electrons. The number of halogens is 2. The van der Waals surface area contributed by atoms with E-state index in [1.54, 1.807) is 18.3 Å². The number of rotatable bonds is 6. The zero-order valence-corrected chi connectivity index (χ0v) is 22.9. The Labute approximate surface area is 234 Å². The maximum atomic E-state index is 12.6. The minimum Gasteiger partial charge on any atom is -0.398 e. The van der Waals surface area contributed by atoms with Crippen molar-refractivity contribution in [2.75, 3.05) is 10.6 Å². The molecule has 3 heterocycles. The highest BCUT2D eigenvalue weighted by Crippen LogP contribution is 2.30. The summed E-state index contributed by atoms with van der Waals surface area (Å²) in [6.07, 6.45) is 11.0. The van der Waals surface area contributed by atoms with Crippen molar-refractivity contribution in [2.45, 2.75) is 18.0 Å². The van der Waals surface area contributed by atoms with Crippen LogP contribution in [0.25, 0.3) is 32.3 Å². The fourth-order valence-corrected chi connectivity index (χ4v) is 6.71. The van der Waals surface area contributed by atoms with Gasteiger partial charge in [0.2, 0.25) is 0 Å². The van der Waals surface area contributed by atoms with Gasteiger partial charge in [0.25, 0.3) is 9.05 Å². The van der Waals surface area contributed by atoms with Crippen molar-refractivity contribution in [1.82, 2.24) is 4.98 Å². The second kappa shape index (κ2) is 9.96. The molecule has 0 saturated heterocycles. The van der Waals surface area contributed by atoms with Gasteiger partial charge in [-0.3, -0.25) is 9.82 Å². The van der Waals surface area contributed by atoms with Crippen molar-refractivity contribution in [3.8, 4) is 0 Å². The summed E-state index contributed by atoms with van der Waals surface area (Å²) in [5, 5.41) is 5.17. The minimum atomic E-state index is -4.02. The Bertz CT molecular complexity index is 2020. The predicted molar refractivity (Wildman–Crippen MR) is 155 cm³/mol. The highest BCUT2D eigenvalue weighted by atomic mass is 35.7. The van der Waals surface area contributed by atoms with Gasteiger partial charge in [0.05, 0.1) is 16.5 Å². The number of hydrogen-bond donors (Lipinski definition) is 2. The minimum absolute atomic E-state index is 0.0683. The largest absolute Gasteiger partial charge is 0.398 e. The van der Waals surface area contributed by atoms with Crippen molar-refractivity contribution in [3.05, 3.63) is 109 Å². The number of anilines is 2. The van der Waals surface area contributed by atoms with Crippen LogP contribution in [0.2, 0.25) is 0 Å². The Hall–Kier alpha value is -3.98. The summed E-state index contributed by atoms with van der Waals surface area (Å²) in [7, 11) is 1.87. The monoisotopic (exact) mass is 575 g/mol. The number of pyridine rings is 3. The summed E-state index contributed by atoms with van der Waals surface area (Å²) < 4.78 is 29.1. The van der Waals surface area contributed by atoms with Crippen LogP contribution in [-0.4, -0.2) is 13.4 Å². The molecule has 0 amide bonds. The molecule has 6 aromatic rings. The molecule has 39 heavy (non-hydrogen) atoms. The van der Waals surface area contributed by atoms with Crippen LogP contribution in [0.1, 0.15) is 11.1 Å². The SMILES string of the molecule is Nc1cccc2cc[n+](Cc3ccc4cc[n+](Cc5ccc6ccncc6c5S(=O)(=O)Cl)cc4c3NCl)cc12. The highest BCUT2D eigenvalue weighted by Gasteiger charge is 2.23. The Morgan fingerprint density at radius 1 is 0.795 bits per heavy atom. The van der Waals surface area contributed by atoms with Gasteiger partial charge < -0.3 is 5.73 Å². The third-order valence-corrected chi connectivity index (χ3v) is 8.54. The average Bonchev–Trinajstić information content (AvgIpc) is 2.92. The Morgan fingerprint density at radius 2 is 1.44 bits per heavy atom. The molecule has 0 aliphatic rings. The molecule has 0 atom stereocenters. The maximum Gasteiger partial charge on any atom is 0.262 e. The van der Waals surface area contributed by atoms with Crippen molar-refractivity contribution < 1.29 is 17.6 Å². The highest BCUT2D eigenvalue weighted by molar-refractivity contribution is 8.14. The smallest absolute Gasteiger partial charge is 0.262 e. The van der Waals surface area contributed by atoms with E-state index in [1.165, 1.54) is 6.20 Å². The first-order valence-corrected chi connectivity index (χ1v) is 14.8. The molecular weight excluding hydrogens is 553 g/mol. The number of fused-ring (bicyclic) bond motifs is 3. The van der Waals surface area contributed by atoms with Gasteiger partial charge >= 0.3 is 0 Å². The Balaban J connectivity index is 1.41. The summed E-state index contributed by atoms with van der Waals surface area (Å²) in [5.74, 6) is 0. The van der Waals surface area contributed by atoms with Gasteiger partial charge in [0, 0.05) is 69.2 Å². The first-order valence-electron chi connectivity index (χ1n) is 12.1. The normalized spacial score (nSPS) is 11.8. The lowest BCUT2D eigenvalue weighted by molar-refractivity contribution is -0.687. The number of aromatic nitrogens is 3. The van der Waals surface area contributed by atoms with E-state index >= 15 is 0 Å². The number of nitrogens with one attached hydrogen (secondary N) is 1. The van der Waals surface area contributed by atoms with Crippen LogP contribution in [0.3, 0.4) is 0 Å². The lowest BCUT2D eigenvalue weighted by atomic mass is 10.0. The molecule has 3 N–H and O–H groups in total. The van der Waals surface area contributed by atoms with Gasteiger partial charge in [-0.15, -0.1) is 0 Å². The topological polar surface area (TPSA) is 92.8 Å². The first kappa shape index (κ1) is 25.3. The number of nitrogen functional groups attached to an aromatic ring is 1. The fraction of sp³-hybridized carbons (Fsp3) is 0.0690. The van der Waals surface area contributed by atoms with Crippen molar-refractivity contribution in [2.24, 2.45) is 0 Å². The molecule has 0 aliphatic carbocycles. The average molecular weight is 577 g/mol. The van der Waals surface area contributed by atoms with Gasteiger partial charge in [-0.25, -0.2) is 13.0 Å². The van der Waals surface area contributed by atoms with E-state index in [4.69, 9.17) is 28.2 Å². The standard InChI is InChI=1S/C29H21Cl2N5O2S/c30-34-28-22(15-35-12-9-19-2-1-3-27(32)25(19)17-35)6-4-21-10-13-36(18-26(21)28)16-23-7-5-20-8-11-33-14-24(20)29(23)39(31,37)38/h1-14,17-18,32H,15-16H2/p+2. The quantitative estimate of drug-likeness (QED) is 0.122. The van der Waals surface area contributed by atoms with Crippen LogP contribution in [0.4, 0.5) is 11.4 Å². The fourth-order valence-electron chi connectivity index (χ4n) is 5.06. The van der Waals surface area contributed by atoms with Crippen LogP contribution in [0.5, 0.6) is 0 Å². The first-order chi connectivity index (χ1) is 18.8. The third-order valence-electron chi connectivity index (χ3n) is 6.92. The molecule has 0 spiro atoms. The summed E-state index contributed by atoms with van der Waals surface area (Å²) in [6, 6.07) is 19.4. The molecular formula is C29H23Cl2N5O2S+2. The molecule has 7 nitrogen and oxygen atoms in total. The number of hydrogen-bond acceptors (Lipinski definition) is 5. The molecule has 0 radical (unpaired) electrons. The van der Waals surface area contributed by atoms with E-state index in [9.17, 15) is 8.42 Å². The van der Waals surface area contributed by atoms with Gasteiger partial charge in [-0.1, -0.05) is 30.3 Å². The number of nitrogens with two attached hydrogens (primary N) is 1. The Kier molecular flexibility index (Phi) is 6.46. The van der Waals surface area contributed by atoms with Crippen LogP contribution in [0.15, 0.2) is 103 Å². The lowest BCUT2D eigenvalue weighted by Gasteiger charge is -2.11. The third kappa shape index (κ3) is 4.83. The van der Waals surface area contributed by atoms with Gasteiger partial charge in [0.1, 0.15) is 4.90 Å². The van der Waals surface area contributed by atoms with Crippen LogP contribution >= 0.6 is 22.5 Å². The second-order valence-corrected chi connectivity index (χ2v) is 12.1.